The van der Waals surface area contributed by atoms with Gasteiger partial charge in [-0.25, -0.2) is 12.7 Å². The Labute approximate surface area is 115 Å². The molecular weight excluding hydrogens is 262 g/mol. The molecule has 0 amide bonds. The molecule has 0 aliphatic heterocycles. The van der Waals surface area contributed by atoms with E-state index in [9.17, 15) is 13.2 Å². The number of carbonyl (C=O) groups is 1. The molecule has 19 heavy (non-hydrogen) atoms. The molecule has 0 aliphatic rings. The first-order valence-electron chi connectivity index (χ1n) is 6.21. The standard InChI is InChI=1S/C14H21NO3S/c1-10(2)14(11(3)16)12-8-6-7-9-13(12)19(17,18)15(4)5/h6-10,14H,1-5H3. The normalized spacial score (nSPS) is 13.8. The number of sulfonamides is 1. The predicted octanol–water partition coefficient (Wildman–Crippen LogP) is 2.27. The molecule has 5 heteroatoms. The Hall–Kier alpha value is -1.20. The number of carbonyl (C=O) groups excluding carboxylic acids is 1. The highest BCUT2D eigenvalue weighted by Gasteiger charge is 2.29. The minimum Gasteiger partial charge on any atom is -0.299 e. The van der Waals surface area contributed by atoms with Gasteiger partial charge in [0, 0.05) is 20.0 Å². The first kappa shape index (κ1) is 15.9. The van der Waals surface area contributed by atoms with Crippen molar-refractivity contribution < 1.29 is 13.2 Å². The summed E-state index contributed by atoms with van der Waals surface area (Å²) in [6, 6.07) is 6.73. The average Bonchev–Trinajstić information content (AvgIpc) is 2.28. The van der Waals surface area contributed by atoms with Gasteiger partial charge < -0.3 is 0 Å². The van der Waals surface area contributed by atoms with Crippen molar-refractivity contribution in [2.45, 2.75) is 31.6 Å². The Morgan fingerprint density at radius 1 is 1.16 bits per heavy atom. The molecule has 1 unspecified atom stereocenters. The minimum absolute atomic E-state index is 0.0172. The Morgan fingerprint density at radius 2 is 1.68 bits per heavy atom. The molecule has 0 radical (unpaired) electrons. The van der Waals surface area contributed by atoms with E-state index in [1.165, 1.54) is 25.3 Å². The fraction of sp³-hybridized carbons (Fsp3) is 0.500. The number of hydrogen-bond acceptors (Lipinski definition) is 3. The van der Waals surface area contributed by atoms with Crippen LogP contribution in [0.1, 0.15) is 32.3 Å². The second-order valence-electron chi connectivity index (χ2n) is 5.16. The lowest BCUT2D eigenvalue weighted by atomic mass is 9.85. The van der Waals surface area contributed by atoms with Gasteiger partial charge >= 0.3 is 0 Å². The molecule has 0 saturated carbocycles. The SMILES string of the molecule is CC(=O)C(c1ccccc1S(=O)(=O)N(C)C)C(C)C. The first-order valence-corrected chi connectivity index (χ1v) is 7.65. The van der Waals surface area contributed by atoms with Crippen LogP contribution in [0.15, 0.2) is 29.2 Å². The van der Waals surface area contributed by atoms with Crippen LogP contribution in [-0.2, 0) is 14.8 Å². The van der Waals surface area contributed by atoms with E-state index in [0.29, 0.717) is 5.56 Å². The second kappa shape index (κ2) is 5.84. The third kappa shape index (κ3) is 3.22. The topological polar surface area (TPSA) is 54.5 Å². The molecule has 1 rings (SSSR count). The molecule has 4 nitrogen and oxygen atoms in total. The molecule has 0 aliphatic carbocycles. The molecule has 1 atom stereocenters. The van der Waals surface area contributed by atoms with Crippen molar-refractivity contribution >= 4 is 15.8 Å². The lowest BCUT2D eigenvalue weighted by Crippen LogP contribution is -2.26. The van der Waals surface area contributed by atoms with E-state index in [1.54, 1.807) is 24.3 Å². The van der Waals surface area contributed by atoms with Crippen LogP contribution in [0.3, 0.4) is 0 Å². The summed E-state index contributed by atoms with van der Waals surface area (Å²) < 4.78 is 25.8. The van der Waals surface area contributed by atoms with Crippen molar-refractivity contribution in [2.24, 2.45) is 5.92 Å². The Balaban J connectivity index is 3.50. The predicted molar refractivity (Wildman–Crippen MR) is 75.6 cm³/mol. The van der Waals surface area contributed by atoms with Gasteiger partial charge in [0.15, 0.2) is 0 Å². The highest BCUT2D eigenvalue weighted by molar-refractivity contribution is 7.89. The van der Waals surface area contributed by atoms with Crippen LogP contribution in [0.25, 0.3) is 0 Å². The summed E-state index contributed by atoms with van der Waals surface area (Å²) >= 11 is 0. The van der Waals surface area contributed by atoms with Crippen LogP contribution in [0.4, 0.5) is 0 Å². The van der Waals surface area contributed by atoms with Gasteiger partial charge in [0.1, 0.15) is 5.78 Å². The van der Waals surface area contributed by atoms with Crippen molar-refractivity contribution in [1.29, 1.82) is 0 Å². The van der Waals surface area contributed by atoms with Crippen LogP contribution in [0, 0.1) is 5.92 Å². The maximum Gasteiger partial charge on any atom is 0.242 e. The summed E-state index contributed by atoms with van der Waals surface area (Å²) in [7, 11) is -0.558. The van der Waals surface area contributed by atoms with E-state index in [4.69, 9.17) is 0 Å². The van der Waals surface area contributed by atoms with Gasteiger partial charge in [-0.05, 0) is 24.5 Å². The van der Waals surface area contributed by atoms with E-state index in [-0.39, 0.29) is 16.6 Å². The molecule has 0 saturated heterocycles. The summed E-state index contributed by atoms with van der Waals surface area (Å²) in [6.07, 6.45) is 0. The largest absolute Gasteiger partial charge is 0.299 e. The van der Waals surface area contributed by atoms with Crippen LogP contribution < -0.4 is 0 Å². The number of Topliss-reactive ketones (excluding diaryl/α,β-unsaturated/α-hetero) is 1. The van der Waals surface area contributed by atoms with E-state index < -0.39 is 15.9 Å². The van der Waals surface area contributed by atoms with E-state index in [2.05, 4.69) is 0 Å². The van der Waals surface area contributed by atoms with Crippen LogP contribution >= 0.6 is 0 Å². The fourth-order valence-electron chi connectivity index (χ4n) is 2.22. The van der Waals surface area contributed by atoms with Crippen LogP contribution in [0.2, 0.25) is 0 Å². The zero-order chi connectivity index (χ0) is 14.8. The number of benzene rings is 1. The fourth-order valence-corrected chi connectivity index (χ4v) is 3.35. The number of rotatable bonds is 5. The van der Waals surface area contributed by atoms with Gasteiger partial charge in [0.05, 0.1) is 4.90 Å². The van der Waals surface area contributed by atoms with Gasteiger partial charge in [-0.2, -0.15) is 0 Å². The Morgan fingerprint density at radius 3 is 2.11 bits per heavy atom. The lowest BCUT2D eigenvalue weighted by Gasteiger charge is -2.22. The van der Waals surface area contributed by atoms with Gasteiger partial charge in [-0.1, -0.05) is 32.0 Å². The zero-order valence-corrected chi connectivity index (χ0v) is 12.9. The third-order valence-corrected chi connectivity index (χ3v) is 5.01. The maximum atomic E-state index is 12.3. The van der Waals surface area contributed by atoms with Crippen LogP contribution in [-0.4, -0.2) is 32.6 Å². The number of nitrogens with zero attached hydrogens (tertiary/aromatic N) is 1. The Kier molecular flexibility index (Phi) is 4.87. The quantitative estimate of drug-likeness (QED) is 0.833. The molecule has 0 N–H and O–H groups in total. The smallest absolute Gasteiger partial charge is 0.242 e. The minimum atomic E-state index is -3.54. The summed E-state index contributed by atoms with van der Waals surface area (Å²) in [5.41, 5.74) is 0.582. The molecule has 106 valence electrons. The number of ketones is 1. The average molecular weight is 283 g/mol. The van der Waals surface area contributed by atoms with Gasteiger partial charge in [0.25, 0.3) is 0 Å². The molecule has 0 aromatic heterocycles. The highest BCUT2D eigenvalue weighted by atomic mass is 32.2. The van der Waals surface area contributed by atoms with Crippen molar-refractivity contribution in [3.8, 4) is 0 Å². The monoisotopic (exact) mass is 283 g/mol. The summed E-state index contributed by atoms with van der Waals surface area (Å²) in [5, 5.41) is 0. The maximum absolute atomic E-state index is 12.3. The lowest BCUT2D eigenvalue weighted by molar-refractivity contribution is -0.119. The molecular formula is C14H21NO3S. The third-order valence-electron chi connectivity index (χ3n) is 3.12. The van der Waals surface area contributed by atoms with E-state index in [1.807, 2.05) is 13.8 Å². The van der Waals surface area contributed by atoms with Gasteiger partial charge in [0.2, 0.25) is 10.0 Å². The molecule has 0 fully saturated rings. The first-order chi connectivity index (χ1) is 8.69. The summed E-state index contributed by atoms with van der Waals surface area (Å²) in [5.74, 6) is -0.363. The summed E-state index contributed by atoms with van der Waals surface area (Å²) in [6.45, 7) is 5.35. The second-order valence-corrected chi connectivity index (χ2v) is 7.28. The van der Waals surface area contributed by atoms with Crippen molar-refractivity contribution in [3.63, 3.8) is 0 Å². The number of hydrogen-bond donors (Lipinski definition) is 0. The Bertz CT molecular complexity index is 562. The van der Waals surface area contributed by atoms with Gasteiger partial charge in [-0.3, -0.25) is 4.79 Å². The van der Waals surface area contributed by atoms with E-state index in [0.717, 1.165) is 0 Å². The molecule has 0 heterocycles. The van der Waals surface area contributed by atoms with Crippen LogP contribution in [0.5, 0.6) is 0 Å². The zero-order valence-electron chi connectivity index (χ0n) is 12.0. The molecule has 1 aromatic carbocycles. The van der Waals surface area contributed by atoms with Crippen molar-refractivity contribution in [1.82, 2.24) is 4.31 Å². The van der Waals surface area contributed by atoms with Crippen molar-refractivity contribution in [3.05, 3.63) is 29.8 Å². The molecule has 1 aromatic rings. The van der Waals surface area contributed by atoms with E-state index >= 15 is 0 Å². The molecule has 0 bridgehead atoms. The summed E-state index contributed by atoms with van der Waals surface area (Å²) in [4.78, 5) is 12.0. The molecule has 0 spiro atoms. The highest BCUT2D eigenvalue weighted by Crippen LogP contribution is 2.31. The van der Waals surface area contributed by atoms with Crippen molar-refractivity contribution in [2.75, 3.05) is 14.1 Å². The van der Waals surface area contributed by atoms with Gasteiger partial charge in [-0.15, -0.1) is 0 Å².